The zero-order valence-electron chi connectivity index (χ0n) is 12.6. The Morgan fingerprint density at radius 3 is 2.50 bits per heavy atom. The fourth-order valence-electron chi connectivity index (χ4n) is 1.76. The lowest BCUT2D eigenvalue weighted by molar-refractivity contribution is 0.586. The first-order valence-electron chi connectivity index (χ1n) is 7.12. The summed E-state index contributed by atoms with van der Waals surface area (Å²) in [6.45, 7) is 6.08. The van der Waals surface area contributed by atoms with Crippen molar-refractivity contribution in [3.63, 3.8) is 0 Å². The molecule has 112 valence electrons. The van der Waals surface area contributed by atoms with E-state index in [1.165, 1.54) is 5.56 Å². The summed E-state index contributed by atoms with van der Waals surface area (Å²) in [6, 6.07) is 7.61. The number of hydrogen-bond acceptors (Lipinski definition) is 2. The molecule has 0 saturated heterocycles. The van der Waals surface area contributed by atoms with E-state index in [-0.39, 0.29) is 11.5 Å². The summed E-state index contributed by atoms with van der Waals surface area (Å²) in [4.78, 5) is 3.11. The number of sulfone groups is 1. The second-order valence-electron chi connectivity index (χ2n) is 5.43. The van der Waals surface area contributed by atoms with Gasteiger partial charge in [0.25, 0.3) is 0 Å². The van der Waals surface area contributed by atoms with Crippen LogP contribution in [0.15, 0.2) is 36.7 Å². The molecule has 3 nitrogen and oxygen atoms in total. The van der Waals surface area contributed by atoms with Gasteiger partial charge in [-0.05, 0) is 36.0 Å². The normalized spacial score (nSPS) is 11.4. The summed E-state index contributed by atoms with van der Waals surface area (Å²) in [6.07, 6.45) is 5.90. The molecule has 0 amide bonds. The number of hydrogen-bond donors (Lipinski definition) is 1. The zero-order valence-corrected chi connectivity index (χ0v) is 13.4. The van der Waals surface area contributed by atoms with Crippen LogP contribution in [0, 0.1) is 5.92 Å². The lowest BCUT2D eigenvalue weighted by atomic mass is 10.0. The number of aromatic nitrogens is 1. The molecule has 0 fully saturated rings. The minimum atomic E-state index is -3.00. The summed E-state index contributed by atoms with van der Waals surface area (Å²) in [5.41, 5.74) is 2.01. The largest absolute Gasteiger partial charge is 0.367 e. The average Bonchev–Trinajstić information content (AvgIpc) is 2.49. The molecule has 0 unspecified atom stereocenters. The monoisotopic (exact) mass is 295 g/mol. The topological polar surface area (TPSA) is 49.9 Å². The molecule has 0 spiro atoms. The van der Waals surface area contributed by atoms with Crippen LogP contribution in [0.3, 0.4) is 0 Å². The fourth-order valence-corrected chi connectivity index (χ4v) is 2.67. The summed E-state index contributed by atoms with van der Waals surface area (Å²) >= 11 is 0. The Morgan fingerprint density at radius 2 is 1.85 bits per heavy atom. The molecular formula is C16H25NO2S. The third-order valence-corrected chi connectivity index (χ3v) is 4.77. The van der Waals surface area contributed by atoms with E-state index in [9.17, 15) is 8.42 Å². The number of aromatic amines is 1. The van der Waals surface area contributed by atoms with E-state index >= 15 is 0 Å². The molecule has 0 aliphatic heterocycles. The van der Waals surface area contributed by atoms with E-state index in [1.54, 1.807) is 6.92 Å². The number of rotatable bonds is 6. The third-order valence-electron chi connectivity index (χ3n) is 3.12. The smallest absolute Gasteiger partial charge is 0.154 e. The Bertz CT molecular complexity index is 558. The molecule has 20 heavy (non-hydrogen) atoms. The summed E-state index contributed by atoms with van der Waals surface area (Å²) < 4.78 is 23.4. The highest BCUT2D eigenvalue weighted by Crippen LogP contribution is 2.09. The van der Waals surface area contributed by atoms with Crippen LogP contribution in [-0.4, -0.2) is 19.2 Å². The van der Waals surface area contributed by atoms with Gasteiger partial charge >= 0.3 is 0 Å². The van der Waals surface area contributed by atoms with E-state index in [1.807, 2.05) is 36.7 Å². The van der Waals surface area contributed by atoms with E-state index in [0.717, 1.165) is 18.4 Å². The van der Waals surface area contributed by atoms with E-state index < -0.39 is 9.84 Å². The molecular weight excluding hydrogens is 270 g/mol. The van der Waals surface area contributed by atoms with Crippen LogP contribution in [0.2, 0.25) is 0 Å². The van der Waals surface area contributed by atoms with Gasteiger partial charge in [0.05, 0.1) is 5.75 Å². The van der Waals surface area contributed by atoms with Crippen LogP contribution < -0.4 is 0 Å². The molecule has 0 bridgehead atoms. The molecule has 0 aromatic carbocycles. The van der Waals surface area contributed by atoms with Gasteiger partial charge in [0.2, 0.25) is 0 Å². The van der Waals surface area contributed by atoms with Gasteiger partial charge in [0.1, 0.15) is 0 Å². The van der Waals surface area contributed by atoms with Gasteiger partial charge in [0.15, 0.2) is 9.84 Å². The molecule has 1 aromatic rings. The molecule has 0 radical (unpaired) electrons. The Balaban J connectivity index is 3.01. The van der Waals surface area contributed by atoms with Crippen LogP contribution in [0.5, 0.6) is 0 Å². The van der Waals surface area contributed by atoms with Crippen LogP contribution in [0.25, 0.3) is 0 Å². The van der Waals surface area contributed by atoms with Crippen LogP contribution in [0.4, 0.5) is 0 Å². The van der Waals surface area contributed by atoms with Crippen molar-refractivity contribution in [2.24, 2.45) is 5.92 Å². The minimum absolute atomic E-state index is 0.0990. The maximum Gasteiger partial charge on any atom is 0.154 e. The highest BCUT2D eigenvalue weighted by Gasteiger charge is 2.07. The van der Waals surface area contributed by atoms with Crippen molar-refractivity contribution in [2.75, 3.05) is 5.75 Å². The predicted octanol–water partition coefficient (Wildman–Crippen LogP) is 3.66. The minimum Gasteiger partial charge on any atom is -0.367 e. The molecule has 0 aliphatic carbocycles. The summed E-state index contributed by atoms with van der Waals surface area (Å²) in [5.74, 6) is 0.931. The van der Waals surface area contributed by atoms with E-state index in [2.05, 4.69) is 18.8 Å². The molecule has 1 heterocycles. The van der Waals surface area contributed by atoms with E-state index in [0.29, 0.717) is 5.92 Å². The van der Waals surface area contributed by atoms with Crippen molar-refractivity contribution in [3.8, 4) is 0 Å². The Morgan fingerprint density at radius 1 is 1.15 bits per heavy atom. The summed E-state index contributed by atoms with van der Waals surface area (Å²) in [5, 5.41) is 0. The molecule has 1 N–H and O–H groups in total. The van der Waals surface area contributed by atoms with Crippen molar-refractivity contribution in [2.45, 2.75) is 39.4 Å². The SMILES string of the molecule is CCS(=O)(=O)Cc1ccc[nH]cc(CCC(C)C)cc1. The van der Waals surface area contributed by atoms with Crippen molar-refractivity contribution >= 4 is 9.84 Å². The Labute approximate surface area is 122 Å². The van der Waals surface area contributed by atoms with Crippen LogP contribution in [-0.2, 0) is 22.0 Å². The Hall–Kier alpha value is -1.29. The Kier molecular flexibility index (Phi) is 6.79. The first-order chi connectivity index (χ1) is 9.43. The van der Waals surface area contributed by atoms with Gasteiger partial charge in [-0.15, -0.1) is 0 Å². The first kappa shape index (κ1) is 16.8. The van der Waals surface area contributed by atoms with Crippen molar-refractivity contribution in [1.29, 1.82) is 0 Å². The highest BCUT2D eigenvalue weighted by molar-refractivity contribution is 7.90. The van der Waals surface area contributed by atoms with Crippen molar-refractivity contribution in [1.82, 2.24) is 4.98 Å². The average molecular weight is 295 g/mol. The maximum atomic E-state index is 11.7. The lowest BCUT2D eigenvalue weighted by Crippen LogP contribution is -2.05. The fraction of sp³-hybridized carbons (Fsp3) is 0.500. The second-order valence-corrected chi connectivity index (χ2v) is 7.78. The molecule has 0 atom stereocenters. The number of H-pyrrole nitrogens is 1. The van der Waals surface area contributed by atoms with Crippen molar-refractivity contribution in [3.05, 3.63) is 47.8 Å². The van der Waals surface area contributed by atoms with Gasteiger partial charge in [0, 0.05) is 18.1 Å². The van der Waals surface area contributed by atoms with Crippen molar-refractivity contribution < 1.29 is 8.42 Å². The molecule has 1 aromatic heterocycles. The van der Waals surface area contributed by atoms with Crippen LogP contribution in [0.1, 0.15) is 38.3 Å². The molecule has 0 saturated carbocycles. The lowest BCUT2D eigenvalue weighted by Gasteiger charge is -2.03. The van der Waals surface area contributed by atoms with Gasteiger partial charge < -0.3 is 4.98 Å². The highest BCUT2D eigenvalue weighted by atomic mass is 32.2. The van der Waals surface area contributed by atoms with Gasteiger partial charge in [-0.1, -0.05) is 39.0 Å². The number of aryl methyl sites for hydroxylation is 1. The maximum absolute atomic E-state index is 11.7. The molecule has 0 aliphatic rings. The first-order valence-corrected chi connectivity index (χ1v) is 8.94. The zero-order chi connectivity index (χ0) is 15.0. The van der Waals surface area contributed by atoms with Gasteiger partial charge in [-0.2, -0.15) is 0 Å². The van der Waals surface area contributed by atoms with Gasteiger partial charge in [-0.3, -0.25) is 0 Å². The standard InChI is InChI=1S/C16H25NO2S/c1-4-20(18,19)13-16-6-5-11-17-12-15(9-10-16)8-7-14(2)3/h5-6,9-12,14,17H,4,7-8,13H2,1-3H3. The number of nitrogens with one attached hydrogen (secondary N) is 1. The third kappa shape index (κ3) is 6.75. The predicted molar refractivity (Wildman–Crippen MR) is 84.7 cm³/mol. The molecule has 4 heteroatoms. The van der Waals surface area contributed by atoms with E-state index in [4.69, 9.17) is 0 Å². The summed E-state index contributed by atoms with van der Waals surface area (Å²) in [7, 11) is -3.00. The van der Waals surface area contributed by atoms with Crippen LogP contribution >= 0.6 is 0 Å². The van der Waals surface area contributed by atoms with Gasteiger partial charge in [-0.25, -0.2) is 8.42 Å². The molecule has 1 rings (SSSR count). The second kappa shape index (κ2) is 8.10. The quantitative estimate of drug-likeness (QED) is 0.870.